The smallest absolute Gasteiger partial charge is 0.186 e. The third kappa shape index (κ3) is 9.71. The fourth-order valence-corrected chi connectivity index (χ4v) is 4.94. The Balaban J connectivity index is 1.51. The number of alkyl halides is 1. The van der Waals surface area contributed by atoms with Gasteiger partial charge in [0.1, 0.15) is 18.3 Å². The molecule has 5 atom stereocenters. The van der Waals surface area contributed by atoms with E-state index >= 15 is 0 Å². The Labute approximate surface area is 238 Å². The van der Waals surface area contributed by atoms with E-state index in [-0.39, 0.29) is 18.3 Å². The highest BCUT2D eigenvalue weighted by Gasteiger charge is 2.47. The second-order valence-corrected chi connectivity index (χ2v) is 10.3. The molecule has 0 aliphatic carbocycles. The maximum Gasteiger partial charge on any atom is 0.186 e. The zero-order valence-electron chi connectivity index (χ0n) is 22.8. The van der Waals surface area contributed by atoms with Crippen LogP contribution in [0.2, 0.25) is 0 Å². The van der Waals surface area contributed by atoms with Crippen LogP contribution in [0, 0.1) is 0 Å². The fourth-order valence-electron chi connectivity index (χ4n) is 4.75. The van der Waals surface area contributed by atoms with Gasteiger partial charge in [0.05, 0.1) is 25.9 Å². The lowest BCUT2D eigenvalue weighted by molar-refractivity contribution is -0.320. The summed E-state index contributed by atoms with van der Waals surface area (Å²) < 4.78 is 32.4. The largest absolute Gasteiger partial charge is 0.368 e. The van der Waals surface area contributed by atoms with E-state index in [0.717, 1.165) is 42.4 Å². The maximum atomic E-state index is 6.61. The lowest BCUT2D eigenvalue weighted by Crippen LogP contribution is -2.60. The lowest BCUT2D eigenvalue weighted by atomic mass is 9.98. The van der Waals surface area contributed by atoms with Gasteiger partial charge in [-0.05, 0) is 36.5 Å². The second-order valence-electron chi connectivity index (χ2n) is 9.97. The minimum absolute atomic E-state index is 0.243. The first kappa shape index (κ1) is 29.7. The summed E-state index contributed by atoms with van der Waals surface area (Å²) in [6.07, 6.45) is 2.15. The third-order valence-electron chi connectivity index (χ3n) is 6.89. The molecule has 0 spiro atoms. The van der Waals surface area contributed by atoms with Gasteiger partial charge < -0.3 is 23.7 Å². The number of benzene rings is 3. The van der Waals surface area contributed by atoms with Crippen LogP contribution in [0.3, 0.4) is 0 Å². The first-order chi connectivity index (χ1) is 19.2. The molecule has 39 heavy (non-hydrogen) atoms. The Bertz CT molecular complexity index is 1040. The number of rotatable bonds is 16. The van der Waals surface area contributed by atoms with Crippen molar-refractivity contribution in [2.45, 2.75) is 83.1 Å². The summed E-state index contributed by atoms with van der Waals surface area (Å²) in [5, 5.41) is 0. The number of hydrogen-bond donors (Lipinski definition) is 0. The minimum Gasteiger partial charge on any atom is -0.368 e. The van der Waals surface area contributed by atoms with Gasteiger partial charge in [0, 0.05) is 12.5 Å². The van der Waals surface area contributed by atoms with Crippen LogP contribution in [0.1, 0.15) is 49.3 Å². The molecule has 1 unspecified atom stereocenters. The number of unbranched alkanes of at least 4 members (excludes halogenated alkanes) is 3. The van der Waals surface area contributed by atoms with Gasteiger partial charge in [0.2, 0.25) is 0 Å². The fraction of sp³-hybridized carbons (Fsp3) is 0.455. The molecule has 4 rings (SSSR count). The maximum absolute atomic E-state index is 6.61. The Morgan fingerprint density at radius 2 is 1.03 bits per heavy atom. The molecule has 1 saturated heterocycles. The summed E-state index contributed by atoms with van der Waals surface area (Å²) in [7, 11) is 0. The molecule has 0 aromatic heterocycles. The summed E-state index contributed by atoms with van der Waals surface area (Å²) in [6.45, 7) is 3.95. The van der Waals surface area contributed by atoms with Gasteiger partial charge in [0.25, 0.3) is 0 Å². The van der Waals surface area contributed by atoms with Crippen molar-refractivity contribution < 1.29 is 23.7 Å². The van der Waals surface area contributed by atoms with Crippen molar-refractivity contribution in [3.8, 4) is 0 Å². The molecular weight excluding hydrogens is 512 g/mol. The molecule has 1 aliphatic heterocycles. The van der Waals surface area contributed by atoms with Crippen LogP contribution in [-0.2, 0) is 43.5 Å². The summed E-state index contributed by atoms with van der Waals surface area (Å²) >= 11 is 5.83. The average Bonchev–Trinajstić information content (AvgIpc) is 2.98. The molecule has 210 valence electrons. The highest BCUT2D eigenvalue weighted by Crippen LogP contribution is 2.31. The highest BCUT2D eigenvalue weighted by atomic mass is 35.5. The normalized spacial score (nSPS) is 23.1. The molecule has 1 aliphatic rings. The molecule has 5 nitrogen and oxygen atoms in total. The topological polar surface area (TPSA) is 46.2 Å². The highest BCUT2D eigenvalue weighted by molar-refractivity contribution is 6.17. The van der Waals surface area contributed by atoms with E-state index in [9.17, 15) is 0 Å². The number of ether oxygens (including phenoxy) is 5. The number of hydrogen-bond acceptors (Lipinski definition) is 5. The SMILES string of the molecule is C[C@H]1OC(OCCCCCCCl)[C@H](OCc2ccccc2)[C@@H](OCc2ccccc2)[C@H]1OCc1ccccc1. The third-order valence-corrected chi connectivity index (χ3v) is 7.16. The standard InChI is InChI=1S/C33H41ClO5/c1-26-30(36-23-27-15-7-4-8-16-27)31(37-24-28-17-9-5-10-18-28)32(38-25-29-19-11-6-12-20-29)33(39-26)35-22-14-3-2-13-21-34/h4-12,15-20,26,30-33H,2-3,13-14,21-25H2,1H3/t26-,30+,31+,32-,33?/m1/s1. The molecular formula is C33H41ClO5. The second kappa shape index (κ2) is 16.8. The van der Waals surface area contributed by atoms with Gasteiger partial charge in [-0.25, -0.2) is 0 Å². The van der Waals surface area contributed by atoms with Gasteiger partial charge in [0.15, 0.2) is 6.29 Å². The Hall–Kier alpha value is -2.25. The van der Waals surface area contributed by atoms with Gasteiger partial charge in [-0.2, -0.15) is 0 Å². The van der Waals surface area contributed by atoms with E-state index in [1.807, 2.05) is 61.5 Å². The first-order valence-electron chi connectivity index (χ1n) is 14.0. The van der Waals surface area contributed by atoms with Crippen molar-refractivity contribution in [1.82, 2.24) is 0 Å². The van der Waals surface area contributed by atoms with Crippen LogP contribution in [-0.4, -0.2) is 43.2 Å². The predicted molar refractivity (Wildman–Crippen MR) is 155 cm³/mol. The summed E-state index contributed by atoms with van der Waals surface area (Å²) in [5.41, 5.74) is 3.28. The molecule has 0 amide bonds. The molecule has 0 radical (unpaired) electrons. The van der Waals surface area contributed by atoms with Crippen molar-refractivity contribution in [2.24, 2.45) is 0 Å². The van der Waals surface area contributed by atoms with Gasteiger partial charge in [-0.3, -0.25) is 0 Å². The number of halogens is 1. The molecule has 6 heteroatoms. The Morgan fingerprint density at radius 1 is 0.564 bits per heavy atom. The molecule has 3 aromatic rings. The van der Waals surface area contributed by atoms with Crippen LogP contribution >= 0.6 is 11.6 Å². The van der Waals surface area contributed by atoms with Crippen molar-refractivity contribution in [3.05, 3.63) is 108 Å². The van der Waals surface area contributed by atoms with Crippen LogP contribution in [0.15, 0.2) is 91.0 Å². The summed E-state index contributed by atoms with van der Waals surface area (Å²) in [5.74, 6) is 0.699. The minimum atomic E-state index is -0.561. The van der Waals surface area contributed by atoms with E-state index < -0.39 is 12.4 Å². The summed E-state index contributed by atoms with van der Waals surface area (Å²) in [4.78, 5) is 0. The summed E-state index contributed by atoms with van der Waals surface area (Å²) in [6, 6.07) is 30.5. The van der Waals surface area contributed by atoms with Crippen molar-refractivity contribution in [1.29, 1.82) is 0 Å². The van der Waals surface area contributed by atoms with Crippen molar-refractivity contribution >= 4 is 11.6 Å². The van der Waals surface area contributed by atoms with E-state index in [0.29, 0.717) is 32.3 Å². The quantitative estimate of drug-likeness (QED) is 0.138. The van der Waals surface area contributed by atoms with Crippen LogP contribution in [0.4, 0.5) is 0 Å². The Kier molecular flexibility index (Phi) is 12.8. The predicted octanol–water partition coefficient (Wildman–Crippen LogP) is 7.30. The monoisotopic (exact) mass is 552 g/mol. The van der Waals surface area contributed by atoms with Crippen molar-refractivity contribution in [2.75, 3.05) is 12.5 Å². The zero-order chi connectivity index (χ0) is 27.1. The molecule has 0 saturated carbocycles. The van der Waals surface area contributed by atoms with E-state index in [1.54, 1.807) is 0 Å². The van der Waals surface area contributed by atoms with E-state index in [4.69, 9.17) is 35.3 Å². The van der Waals surface area contributed by atoms with Gasteiger partial charge >= 0.3 is 0 Å². The van der Waals surface area contributed by atoms with Gasteiger partial charge in [-0.15, -0.1) is 11.6 Å². The molecule has 3 aromatic carbocycles. The molecule has 1 fully saturated rings. The van der Waals surface area contributed by atoms with Crippen LogP contribution in [0.25, 0.3) is 0 Å². The zero-order valence-corrected chi connectivity index (χ0v) is 23.6. The lowest BCUT2D eigenvalue weighted by Gasteiger charge is -2.45. The van der Waals surface area contributed by atoms with Gasteiger partial charge in [-0.1, -0.05) is 104 Å². The Morgan fingerprint density at radius 3 is 1.54 bits per heavy atom. The molecule has 0 bridgehead atoms. The molecule has 0 N–H and O–H groups in total. The van der Waals surface area contributed by atoms with E-state index in [1.165, 1.54) is 0 Å². The molecule has 1 heterocycles. The van der Waals surface area contributed by atoms with Crippen LogP contribution in [0.5, 0.6) is 0 Å². The first-order valence-corrected chi connectivity index (χ1v) is 14.6. The van der Waals surface area contributed by atoms with Crippen LogP contribution < -0.4 is 0 Å². The van der Waals surface area contributed by atoms with E-state index in [2.05, 4.69) is 36.4 Å². The average molecular weight is 553 g/mol. The van der Waals surface area contributed by atoms with Crippen molar-refractivity contribution in [3.63, 3.8) is 0 Å².